The normalized spacial score (nSPS) is 22.4. The standard InChI is InChI=1S/C16H24N2O/c1-12-2-3-15(8-12)11-18-16(19)9-13-4-6-14(10-17)7-5-13/h4-7,12,15H,2-3,8-11,17H2,1H3,(H,18,19). The lowest BCUT2D eigenvalue weighted by Crippen LogP contribution is -2.29. The van der Waals surface area contributed by atoms with Crippen LogP contribution in [-0.2, 0) is 17.8 Å². The average molecular weight is 260 g/mol. The summed E-state index contributed by atoms with van der Waals surface area (Å²) in [5.41, 5.74) is 7.70. The molecule has 3 nitrogen and oxygen atoms in total. The van der Waals surface area contributed by atoms with Gasteiger partial charge in [0.1, 0.15) is 0 Å². The van der Waals surface area contributed by atoms with E-state index in [1.807, 2.05) is 24.3 Å². The van der Waals surface area contributed by atoms with E-state index < -0.39 is 0 Å². The Kier molecular flexibility index (Phi) is 4.97. The van der Waals surface area contributed by atoms with Gasteiger partial charge in [0.15, 0.2) is 0 Å². The smallest absolute Gasteiger partial charge is 0.224 e. The van der Waals surface area contributed by atoms with Crippen molar-refractivity contribution < 1.29 is 4.79 Å². The van der Waals surface area contributed by atoms with Crippen LogP contribution in [0, 0.1) is 11.8 Å². The SMILES string of the molecule is CC1CCC(CNC(=O)Cc2ccc(CN)cc2)C1. The van der Waals surface area contributed by atoms with Crippen LogP contribution in [0.25, 0.3) is 0 Å². The number of rotatable bonds is 5. The summed E-state index contributed by atoms with van der Waals surface area (Å²) < 4.78 is 0. The molecule has 19 heavy (non-hydrogen) atoms. The van der Waals surface area contributed by atoms with Crippen molar-refractivity contribution >= 4 is 5.91 Å². The zero-order chi connectivity index (χ0) is 13.7. The molecule has 2 atom stereocenters. The van der Waals surface area contributed by atoms with Crippen molar-refractivity contribution in [3.63, 3.8) is 0 Å². The van der Waals surface area contributed by atoms with Crippen LogP contribution in [0.2, 0.25) is 0 Å². The first-order chi connectivity index (χ1) is 9.17. The number of nitrogens with two attached hydrogens (primary N) is 1. The average Bonchev–Trinajstić information content (AvgIpc) is 2.83. The van der Waals surface area contributed by atoms with Crippen LogP contribution in [0.15, 0.2) is 24.3 Å². The van der Waals surface area contributed by atoms with Crippen molar-refractivity contribution in [2.24, 2.45) is 17.6 Å². The van der Waals surface area contributed by atoms with Crippen LogP contribution >= 0.6 is 0 Å². The van der Waals surface area contributed by atoms with Gasteiger partial charge in [0.25, 0.3) is 0 Å². The van der Waals surface area contributed by atoms with Crippen LogP contribution < -0.4 is 11.1 Å². The van der Waals surface area contributed by atoms with E-state index in [0.717, 1.165) is 23.6 Å². The second kappa shape index (κ2) is 6.71. The lowest BCUT2D eigenvalue weighted by molar-refractivity contribution is -0.120. The highest BCUT2D eigenvalue weighted by molar-refractivity contribution is 5.78. The quantitative estimate of drug-likeness (QED) is 0.853. The maximum atomic E-state index is 11.9. The van der Waals surface area contributed by atoms with Crippen molar-refractivity contribution in [2.45, 2.75) is 39.2 Å². The van der Waals surface area contributed by atoms with E-state index in [1.54, 1.807) is 0 Å². The van der Waals surface area contributed by atoms with E-state index in [1.165, 1.54) is 19.3 Å². The molecule has 1 aromatic carbocycles. The number of hydrogen-bond acceptors (Lipinski definition) is 2. The monoisotopic (exact) mass is 260 g/mol. The summed E-state index contributed by atoms with van der Waals surface area (Å²) in [6.45, 7) is 3.68. The molecular formula is C16H24N2O. The van der Waals surface area contributed by atoms with Gasteiger partial charge < -0.3 is 11.1 Å². The van der Waals surface area contributed by atoms with E-state index in [4.69, 9.17) is 5.73 Å². The summed E-state index contributed by atoms with van der Waals surface area (Å²) in [6, 6.07) is 7.95. The minimum atomic E-state index is 0.125. The van der Waals surface area contributed by atoms with Gasteiger partial charge in [0.05, 0.1) is 6.42 Å². The molecule has 1 aromatic rings. The predicted molar refractivity (Wildman–Crippen MR) is 77.6 cm³/mol. The van der Waals surface area contributed by atoms with Crippen LogP contribution in [0.3, 0.4) is 0 Å². The fourth-order valence-corrected chi connectivity index (χ4v) is 2.81. The van der Waals surface area contributed by atoms with Crippen molar-refractivity contribution in [1.82, 2.24) is 5.32 Å². The Bertz CT molecular complexity index is 413. The molecule has 0 heterocycles. The molecule has 3 heteroatoms. The Balaban J connectivity index is 1.74. The number of nitrogens with one attached hydrogen (secondary N) is 1. The highest BCUT2D eigenvalue weighted by Gasteiger charge is 2.21. The summed E-state index contributed by atoms with van der Waals surface area (Å²) in [5, 5.41) is 3.06. The summed E-state index contributed by atoms with van der Waals surface area (Å²) in [7, 11) is 0. The maximum Gasteiger partial charge on any atom is 0.224 e. The number of carbonyl (C=O) groups excluding carboxylic acids is 1. The Morgan fingerprint density at radius 2 is 1.95 bits per heavy atom. The molecule has 0 aromatic heterocycles. The van der Waals surface area contributed by atoms with Gasteiger partial charge in [-0.05, 0) is 35.8 Å². The van der Waals surface area contributed by atoms with E-state index in [0.29, 0.717) is 18.9 Å². The van der Waals surface area contributed by atoms with E-state index in [9.17, 15) is 4.79 Å². The summed E-state index contributed by atoms with van der Waals surface area (Å²) in [5.74, 6) is 1.63. The molecule has 0 saturated heterocycles. The van der Waals surface area contributed by atoms with Gasteiger partial charge in [-0.15, -0.1) is 0 Å². The van der Waals surface area contributed by atoms with E-state index >= 15 is 0 Å². The summed E-state index contributed by atoms with van der Waals surface area (Å²) in [6.07, 6.45) is 4.28. The third kappa shape index (κ3) is 4.35. The highest BCUT2D eigenvalue weighted by Crippen LogP contribution is 2.29. The molecule has 0 aliphatic heterocycles. The lowest BCUT2D eigenvalue weighted by atomic mass is 10.1. The molecule has 3 N–H and O–H groups in total. The van der Waals surface area contributed by atoms with Crippen molar-refractivity contribution in [3.05, 3.63) is 35.4 Å². The molecule has 0 radical (unpaired) electrons. The second-order valence-electron chi connectivity index (χ2n) is 5.79. The van der Waals surface area contributed by atoms with E-state index in [-0.39, 0.29) is 5.91 Å². The fourth-order valence-electron chi connectivity index (χ4n) is 2.81. The first-order valence-electron chi connectivity index (χ1n) is 7.22. The third-order valence-electron chi connectivity index (χ3n) is 4.01. The largest absolute Gasteiger partial charge is 0.356 e. The van der Waals surface area contributed by atoms with Crippen LogP contribution in [0.5, 0.6) is 0 Å². The number of amides is 1. The number of hydrogen-bond donors (Lipinski definition) is 2. The molecule has 104 valence electrons. The second-order valence-corrected chi connectivity index (χ2v) is 5.79. The molecule has 1 saturated carbocycles. The first-order valence-corrected chi connectivity index (χ1v) is 7.22. The summed E-state index contributed by atoms with van der Waals surface area (Å²) >= 11 is 0. The van der Waals surface area contributed by atoms with Crippen molar-refractivity contribution in [3.8, 4) is 0 Å². The molecular weight excluding hydrogens is 236 g/mol. The molecule has 0 bridgehead atoms. The van der Waals surface area contributed by atoms with Crippen LogP contribution in [-0.4, -0.2) is 12.5 Å². The zero-order valence-corrected chi connectivity index (χ0v) is 11.7. The van der Waals surface area contributed by atoms with Gasteiger partial charge in [-0.1, -0.05) is 37.6 Å². The fraction of sp³-hybridized carbons (Fsp3) is 0.562. The first kappa shape index (κ1) is 14.1. The topological polar surface area (TPSA) is 55.1 Å². The molecule has 0 spiro atoms. The van der Waals surface area contributed by atoms with Crippen LogP contribution in [0.4, 0.5) is 0 Å². The molecule has 1 amide bonds. The molecule has 2 rings (SSSR count). The van der Waals surface area contributed by atoms with Crippen LogP contribution in [0.1, 0.15) is 37.3 Å². The van der Waals surface area contributed by atoms with E-state index in [2.05, 4.69) is 12.2 Å². The minimum Gasteiger partial charge on any atom is -0.356 e. The molecule has 1 aliphatic rings. The Morgan fingerprint density at radius 1 is 1.26 bits per heavy atom. The van der Waals surface area contributed by atoms with Gasteiger partial charge >= 0.3 is 0 Å². The van der Waals surface area contributed by atoms with Crippen molar-refractivity contribution in [1.29, 1.82) is 0 Å². The lowest BCUT2D eigenvalue weighted by Gasteiger charge is -2.11. The zero-order valence-electron chi connectivity index (χ0n) is 11.7. The molecule has 1 fully saturated rings. The Hall–Kier alpha value is -1.35. The maximum absolute atomic E-state index is 11.9. The van der Waals surface area contributed by atoms with Gasteiger partial charge in [0.2, 0.25) is 5.91 Å². The van der Waals surface area contributed by atoms with Gasteiger partial charge in [-0.3, -0.25) is 4.79 Å². The minimum absolute atomic E-state index is 0.125. The molecule has 2 unspecified atom stereocenters. The summed E-state index contributed by atoms with van der Waals surface area (Å²) in [4.78, 5) is 11.9. The number of carbonyl (C=O) groups is 1. The van der Waals surface area contributed by atoms with Crippen molar-refractivity contribution in [2.75, 3.05) is 6.54 Å². The van der Waals surface area contributed by atoms with Gasteiger partial charge in [-0.2, -0.15) is 0 Å². The van der Waals surface area contributed by atoms with Gasteiger partial charge in [-0.25, -0.2) is 0 Å². The molecule has 1 aliphatic carbocycles. The Labute approximate surface area is 115 Å². The number of benzene rings is 1. The predicted octanol–water partition coefficient (Wildman–Crippen LogP) is 2.24. The van der Waals surface area contributed by atoms with Gasteiger partial charge in [0, 0.05) is 13.1 Å². The highest BCUT2D eigenvalue weighted by atomic mass is 16.1. The Morgan fingerprint density at radius 3 is 2.53 bits per heavy atom. The third-order valence-corrected chi connectivity index (χ3v) is 4.01.